The summed E-state index contributed by atoms with van der Waals surface area (Å²) in [4.78, 5) is 36.1. The van der Waals surface area contributed by atoms with Gasteiger partial charge in [-0.3, -0.25) is 14.9 Å². The fourth-order valence-corrected chi connectivity index (χ4v) is 3.44. The van der Waals surface area contributed by atoms with E-state index in [2.05, 4.69) is 10.6 Å². The molecule has 5 N–H and O–H groups in total. The van der Waals surface area contributed by atoms with Crippen LogP contribution in [0.5, 0.6) is 5.75 Å². The normalized spacial score (nSPS) is 11.6. The number of carbonyl (C=O) groups excluding carboxylic acids is 3. The quantitative estimate of drug-likeness (QED) is 0.123. The molecule has 186 valence electrons. The first-order chi connectivity index (χ1) is 17.3. The fourth-order valence-electron chi connectivity index (χ4n) is 3.44. The van der Waals surface area contributed by atoms with Gasteiger partial charge in [0.2, 0.25) is 5.91 Å². The zero-order chi connectivity index (χ0) is 25.9. The Balaban J connectivity index is 1.55. The van der Waals surface area contributed by atoms with Gasteiger partial charge in [0.15, 0.2) is 5.78 Å². The number of phenols is 1. The number of rotatable bonds is 10. The molecular formula is C28H29N3O5. The van der Waals surface area contributed by atoms with Crippen molar-refractivity contribution in [1.82, 2.24) is 0 Å². The highest BCUT2D eigenvalue weighted by Gasteiger charge is 2.17. The molecule has 3 rings (SSSR count). The van der Waals surface area contributed by atoms with E-state index >= 15 is 0 Å². The minimum Gasteiger partial charge on any atom is -0.508 e. The number of allylic oxidation sites excluding steroid dienone is 1. The number of nitrogens with one attached hydrogen (secondary N) is 2. The molecule has 0 saturated carbocycles. The number of ketones is 1. The van der Waals surface area contributed by atoms with Crippen LogP contribution in [0.15, 0.2) is 84.9 Å². The molecule has 2 amide bonds. The number of aromatic hydroxyl groups is 1. The van der Waals surface area contributed by atoms with Crippen LogP contribution in [0.2, 0.25) is 0 Å². The molecule has 8 heteroatoms. The number of phenolic OH excluding ortho intramolecular Hbond substituents is 1. The van der Waals surface area contributed by atoms with E-state index in [1.807, 2.05) is 0 Å². The molecule has 0 spiro atoms. The van der Waals surface area contributed by atoms with Gasteiger partial charge in [-0.25, -0.2) is 4.79 Å². The van der Waals surface area contributed by atoms with Crippen molar-refractivity contribution in [2.24, 2.45) is 0 Å². The second-order valence-electron chi connectivity index (χ2n) is 8.15. The van der Waals surface area contributed by atoms with Gasteiger partial charge >= 0.3 is 6.09 Å². The monoisotopic (exact) mass is 487 g/mol. The number of benzene rings is 3. The third-order valence-corrected chi connectivity index (χ3v) is 5.38. The fraction of sp³-hybridized carbons (Fsp3) is 0.179. The molecule has 3 aromatic rings. The van der Waals surface area contributed by atoms with Crippen LogP contribution in [0.25, 0.3) is 0 Å². The van der Waals surface area contributed by atoms with Crippen molar-refractivity contribution >= 4 is 34.8 Å². The Morgan fingerprint density at radius 3 is 2.33 bits per heavy atom. The predicted octanol–water partition coefficient (Wildman–Crippen LogP) is 5.83. The summed E-state index contributed by atoms with van der Waals surface area (Å²) in [6, 6.07) is 20.0. The summed E-state index contributed by atoms with van der Waals surface area (Å²) in [7, 11) is 0. The number of unbranched alkanes of at least 4 members (excludes halogenated alkanes) is 1. The molecule has 36 heavy (non-hydrogen) atoms. The molecule has 0 aliphatic carbocycles. The van der Waals surface area contributed by atoms with Gasteiger partial charge < -0.3 is 20.9 Å². The number of nitrogens with two attached hydrogens (primary N) is 1. The van der Waals surface area contributed by atoms with Gasteiger partial charge in [-0.05, 0) is 86.4 Å². The summed E-state index contributed by atoms with van der Waals surface area (Å²) in [6.45, 7) is 1.47. The summed E-state index contributed by atoms with van der Waals surface area (Å²) in [6.07, 6.45) is 3.72. The Morgan fingerprint density at radius 2 is 1.67 bits per heavy atom. The summed E-state index contributed by atoms with van der Waals surface area (Å²) in [5.41, 5.74) is 8.65. The average Bonchev–Trinajstić information content (AvgIpc) is 2.85. The van der Waals surface area contributed by atoms with Gasteiger partial charge in [-0.2, -0.15) is 0 Å². The molecule has 8 nitrogen and oxygen atoms in total. The third kappa shape index (κ3) is 8.02. The van der Waals surface area contributed by atoms with Crippen LogP contribution in [0.3, 0.4) is 0 Å². The van der Waals surface area contributed by atoms with Gasteiger partial charge in [0.05, 0.1) is 11.4 Å². The molecule has 0 bridgehead atoms. The second-order valence-corrected chi connectivity index (χ2v) is 8.15. The number of anilines is 3. The van der Waals surface area contributed by atoms with Gasteiger partial charge in [-0.15, -0.1) is 0 Å². The van der Waals surface area contributed by atoms with Crippen molar-refractivity contribution in [2.45, 2.75) is 32.3 Å². The number of para-hydroxylation sites is 2. The smallest absolute Gasteiger partial charge is 0.412 e. The lowest BCUT2D eigenvalue weighted by atomic mass is 10.0. The van der Waals surface area contributed by atoms with Crippen LogP contribution in [0.1, 0.15) is 48.2 Å². The highest BCUT2D eigenvalue weighted by molar-refractivity contribution is 6.01. The van der Waals surface area contributed by atoms with Crippen LogP contribution in [0.4, 0.5) is 21.9 Å². The highest BCUT2D eigenvalue weighted by Crippen LogP contribution is 2.26. The maximum absolute atomic E-state index is 12.5. The summed E-state index contributed by atoms with van der Waals surface area (Å²) < 4.78 is 5.66. The molecule has 0 aromatic heterocycles. The largest absolute Gasteiger partial charge is 0.508 e. The van der Waals surface area contributed by atoms with Gasteiger partial charge in [0.1, 0.15) is 11.9 Å². The molecule has 0 saturated heterocycles. The standard InChI is InChI=1S/C28H29N3O5/c1-19(32)20-11-15-22(16-12-20)30-28(35)36-26(21-13-17-23(33)18-14-21)9-3-2-4-10-27(34)31-25-8-6-5-7-24(25)29/h4-8,10-18,26,33H,2-3,9,29H2,1H3,(H,30,35)(H,31,34)/b10-4+/t26-/m0/s1. The van der Waals surface area contributed by atoms with E-state index in [9.17, 15) is 19.5 Å². The lowest BCUT2D eigenvalue weighted by molar-refractivity contribution is -0.111. The summed E-state index contributed by atoms with van der Waals surface area (Å²) in [5.74, 6) is -0.234. The zero-order valence-electron chi connectivity index (χ0n) is 19.9. The predicted molar refractivity (Wildman–Crippen MR) is 140 cm³/mol. The van der Waals surface area contributed by atoms with Crippen molar-refractivity contribution in [2.75, 3.05) is 16.4 Å². The van der Waals surface area contributed by atoms with E-state index in [1.54, 1.807) is 66.7 Å². The Morgan fingerprint density at radius 1 is 0.972 bits per heavy atom. The van der Waals surface area contributed by atoms with Gasteiger partial charge in [-0.1, -0.05) is 30.3 Å². The number of hydrogen-bond acceptors (Lipinski definition) is 6. The maximum atomic E-state index is 12.5. The first-order valence-corrected chi connectivity index (χ1v) is 11.5. The minimum absolute atomic E-state index is 0.0627. The van der Waals surface area contributed by atoms with E-state index in [0.29, 0.717) is 41.9 Å². The molecule has 0 aliphatic rings. The van der Waals surface area contributed by atoms with Crippen LogP contribution in [-0.4, -0.2) is 22.9 Å². The number of carbonyl (C=O) groups is 3. The number of nitrogen functional groups attached to an aromatic ring is 1. The molecule has 0 heterocycles. The summed E-state index contributed by atoms with van der Waals surface area (Å²) in [5, 5.41) is 15.0. The number of amides is 2. The Kier molecular flexibility index (Phi) is 9.22. The number of ether oxygens (including phenoxy) is 1. The van der Waals surface area contributed by atoms with Crippen molar-refractivity contribution in [3.63, 3.8) is 0 Å². The molecule has 3 aromatic carbocycles. The van der Waals surface area contributed by atoms with Crippen molar-refractivity contribution in [1.29, 1.82) is 0 Å². The molecule has 0 radical (unpaired) electrons. The maximum Gasteiger partial charge on any atom is 0.412 e. The SMILES string of the molecule is CC(=O)c1ccc(NC(=O)O[C@@H](CCC/C=C/C(=O)Nc2ccccc2N)c2ccc(O)cc2)cc1. The Hall–Kier alpha value is -4.59. The molecule has 0 fully saturated rings. The lowest BCUT2D eigenvalue weighted by Crippen LogP contribution is -2.17. The van der Waals surface area contributed by atoms with Crippen molar-refractivity contribution in [3.05, 3.63) is 96.1 Å². The minimum atomic E-state index is -0.640. The lowest BCUT2D eigenvalue weighted by Gasteiger charge is -2.19. The second kappa shape index (κ2) is 12.8. The molecule has 0 unspecified atom stereocenters. The molecule has 1 atom stereocenters. The van der Waals surface area contributed by atoms with Crippen LogP contribution in [0, 0.1) is 0 Å². The highest BCUT2D eigenvalue weighted by atomic mass is 16.6. The van der Waals surface area contributed by atoms with Gasteiger partial charge in [0, 0.05) is 11.3 Å². The third-order valence-electron chi connectivity index (χ3n) is 5.38. The van der Waals surface area contributed by atoms with E-state index < -0.39 is 12.2 Å². The van der Waals surface area contributed by atoms with E-state index in [-0.39, 0.29) is 17.4 Å². The van der Waals surface area contributed by atoms with Gasteiger partial charge in [0.25, 0.3) is 0 Å². The Labute approximate surface area is 209 Å². The van der Waals surface area contributed by atoms with E-state index in [1.165, 1.54) is 25.1 Å². The summed E-state index contributed by atoms with van der Waals surface area (Å²) >= 11 is 0. The topological polar surface area (TPSA) is 131 Å². The number of Topliss-reactive ketones (excluding diaryl/α,β-unsaturated/α-hetero) is 1. The first-order valence-electron chi connectivity index (χ1n) is 11.5. The van der Waals surface area contributed by atoms with Crippen molar-refractivity contribution in [3.8, 4) is 5.75 Å². The van der Waals surface area contributed by atoms with Crippen LogP contribution in [-0.2, 0) is 9.53 Å². The van der Waals surface area contributed by atoms with Crippen molar-refractivity contribution < 1.29 is 24.2 Å². The van der Waals surface area contributed by atoms with Crippen LogP contribution >= 0.6 is 0 Å². The Bertz CT molecular complexity index is 1220. The molecular weight excluding hydrogens is 458 g/mol. The van der Waals surface area contributed by atoms with Crippen LogP contribution < -0.4 is 16.4 Å². The zero-order valence-corrected chi connectivity index (χ0v) is 19.9. The average molecular weight is 488 g/mol. The number of hydrogen-bond donors (Lipinski definition) is 4. The first kappa shape index (κ1) is 26.0. The molecule has 0 aliphatic heterocycles. The van der Waals surface area contributed by atoms with E-state index in [4.69, 9.17) is 10.5 Å². The van der Waals surface area contributed by atoms with E-state index in [0.717, 1.165) is 5.56 Å².